The van der Waals surface area contributed by atoms with E-state index in [1.165, 1.54) is 0 Å². The summed E-state index contributed by atoms with van der Waals surface area (Å²) in [6.45, 7) is 2.79. The lowest BCUT2D eigenvalue weighted by Gasteiger charge is -2.36. The molecule has 3 heteroatoms. The molecule has 1 fully saturated rings. The third-order valence-corrected chi connectivity index (χ3v) is 3.60. The first-order valence-electron chi connectivity index (χ1n) is 5.89. The van der Waals surface area contributed by atoms with E-state index in [0.29, 0.717) is 24.1 Å². The maximum Gasteiger partial charge on any atom is 0.119 e. The highest BCUT2D eigenvalue weighted by Gasteiger charge is 2.29. The first-order chi connectivity index (χ1) is 7.72. The lowest BCUT2D eigenvalue weighted by Crippen LogP contribution is -2.39. The van der Waals surface area contributed by atoms with E-state index in [1.54, 1.807) is 6.07 Å². The first-order valence-corrected chi connectivity index (χ1v) is 5.89. The molecule has 0 radical (unpaired) electrons. The number of nitrogens with zero attached hydrogens (tertiary/aromatic N) is 1. The number of likely N-dealkylation sites (N-methyl/N-ethyl adjacent to an activating group) is 1. The van der Waals surface area contributed by atoms with Crippen LogP contribution in [0, 0.1) is 5.92 Å². The Balaban J connectivity index is 2.26. The van der Waals surface area contributed by atoms with Crippen molar-refractivity contribution in [3.8, 4) is 5.75 Å². The van der Waals surface area contributed by atoms with Crippen LogP contribution in [-0.4, -0.2) is 36.7 Å². The van der Waals surface area contributed by atoms with Crippen LogP contribution in [0.15, 0.2) is 24.3 Å². The third-order valence-electron chi connectivity index (χ3n) is 3.60. The van der Waals surface area contributed by atoms with Gasteiger partial charge in [-0.1, -0.05) is 18.2 Å². The fourth-order valence-corrected chi connectivity index (χ4v) is 2.60. The van der Waals surface area contributed by atoms with E-state index in [0.717, 1.165) is 25.1 Å². The highest BCUT2D eigenvalue weighted by molar-refractivity contribution is 5.36. The topological polar surface area (TPSA) is 49.5 Å². The van der Waals surface area contributed by atoms with Crippen LogP contribution >= 0.6 is 0 Å². The summed E-state index contributed by atoms with van der Waals surface area (Å²) in [5, 5.41) is 9.90. The van der Waals surface area contributed by atoms with Crippen molar-refractivity contribution in [1.29, 1.82) is 0 Å². The minimum absolute atomic E-state index is 0.366. The van der Waals surface area contributed by atoms with Gasteiger partial charge in [-0.2, -0.15) is 0 Å². The summed E-state index contributed by atoms with van der Waals surface area (Å²) < 4.78 is 0. The van der Waals surface area contributed by atoms with Crippen LogP contribution in [0.2, 0.25) is 0 Å². The molecule has 1 aromatic carbocycles. The average Bonchev–Trinajstić information content (AvgIpc) is 2.29. The third kappa shape index (κ3) is 2.20. The van der Waals surface area contributed by atoms with Crippen LogP contribution in [0.1, 0.15) is 17.9 Å². The Morgan fingerprint density at radius 1 is 1.44 bits per heavy atom. The Morgan fingerprint density at radius 3 is 2.88 bits per heavy atom. The van der Waals surface area contributed by atoms with Gasteiger partial charge in [0.15, 0.2) is 0 Å². The normalized spacial score (nSPS) is 26.9. The van der Waals surface area contributed by atoms with Crippen LogP contribution in [0.3, 0.4) is 0 Å². The van der Waals surface area contributed by atoms with Crippen LogP contribution in [0.4, 0.5) is 0 Å². The number of phenols is 1. The molecule has 0 aromatic heterocycles. The quantitative estimate of drug-likeness (QED) is 0.792. The number of rotatable bonds is 2. The van der Waals surface area contributed by atoms with E-state index in [4.69, 9.17) is 5.73 Å². The summed E-state index contributed by atoms with van der Waals surface area (Å²) >= 11 is 0. The lowest BCUT2D eigenvalue weighted by molar-refractivity contribution is 0.190. The number of piperidine rings is 1. The lowest BCUT2D eigenvalue weighted by atomic mass is 9.80. The zero-order valence-electron chi connectivity index (χ0n) is 9.76. The molecule has 1 aliphatic heterocycles. The van der Waals surface area contributed by atoms with Crippen molar-refractivity contribution in [2.24, 2.45) is 11.7 Å². The van der Waals surface area contributed by atoms with Crippen molar-refractivity contribution in [3.05, 3.63) is 29.8 Å². The van der Waals surface area contributed by atoms with Crippen molar-refractivity contribution in [1.82, 2.24) is 4.90 Å². The molecule has 0 saturated carbocycles. The predicted molar refractivity (Wildman–Crippen MR) is 65.5 cm³/mol. The molecular weight excluding hydrogens is 200 g/mol. The largest absolute Gasteiger partial charge is 0.508 e. The second kappa shape index (κ2) is 4.85. The molecule has 2 unspecified atom stereocenters. The van der Waals surface area contributed by atoms with Crippen molar-refractivity contribution in [2.75, 3.05) is 26.7 Å². The van der Waals surface area contributed by atoms with Crippen LogP contribution < -0.4 is 5.73 Å². The van der Waals surface area contributed by atoms with Gasteiger partial charge < -0.3 is 15.7 Å². The average molecular weight is 220 g/mol. The smallest absolute Gasteiger partial charge is 0.119 e. The van der Waals surface area contributed by atoms with Gasteiger partial charge in [0.25, 0.3) is 0 Å². The van der Waals surface area contributed by atoms with Crippen molar-refractivity contribution in [2.45, 2.75) is 12.3 Å². The number of aromatic hydroxyl groups is 1. The van der Waals surface area contributed by atoms with E-state index in [-0.39, 0.29) is 0 Å². The molecule has 2 atom stereocenters. The molecule has 0 spiro atoms. The van der Waals surface area contributed by atoms with Gasteiger partial charge in [0.2, 0.25) is 0 Å². The standard InChI is InChI=1S/C13H20N2O/c1-15-7-6-10(8-14)12(9-15)11-4-2-3-5-13(11)16/h2-5,10,12,16H,6-9,14H2,1H3. The minimum atomic E-state index is 0.366. The SMILES string of the molecule is CN1CCC(CN)C(c2ccccc2O)C1. The maximum absolute atomic E-state index is 9.90. The molecular formula is C13H20N2O. The number of hydrogen-bond donors (Lipinski definition) is 2. The van der Waals surface area contributed by atoms with E-state index in [1.807, 2.05) is 18.2 Å². The second-order valence-electron chi connectivity index (χ2n) is 4.71. The number of nitrogens with two attached hydrogens (primary N) is 1. The van der Waals surface area contributed by atoms with Gasteiger partial charge in [0, 0.05) is 12.5 Å². The van der Waals surface area contributed by atoms with Gasteiger partial charge in [0.05, 0.1) is 0 Å². The van der Waals surface area contributed by atoms with E-state index in [2.05, 4.69) is 11.9 Å². The molecule has 1 saturated heterocycles. The summed E-state index contributed by atoms with van der Waals surface area (Å²) in [5.41, 5.74) is 6.87. The minimum Gasteiger partial charge on any atom is -0.508 e. The van der Waals surface area contributed by atoms with Crippen LogP contribution in [0.5, 0.6) is 5.75 Å². The highest BCUT2D eigenvalue weighted by Crippen LogP contribution is 2.35. The Kier molecular flexibility index (Phi) is 3.46. The van der Waals surface area contributed by atoms with Gasteiger partial charge in [0.1, 0.15) is 5.75 Å². The summed E-state index contributed by atoms with van der Waals surface area (Å²) in [7, 11) is 2.12. The Hall–Kier alpha value is -1.06. The van der Waals surface area contributed by atoms with Crippen LogP contribution in [0.25, 0.3) is 0 Å². The van der Waals surface area contributed by atoms with Gasteiger partial charge >= 0.3 is 0 Å². The number of phenolic OH excluding ortho intramolecular Hbond substituents is 1. The molecule has 0 amide bonds. The molecule has 1 aliphatic rings. The van der Waals surface area contributed by atoms with Crippen molar-refractivity contribution < 1.29 is 5.11 Å². The fourth-order valence-electron chi connectivity index (χ4n) is 2.60. The molecule has 3 N–H and O–H groups in total. The second-order valence-corrected chi connectivity index (χ2v) is 4.71. The highest BCUT2D eigenvalue weighted by atomic mass is 16.3. The Labute approximate surface area is 96.9 Å². The summed E-state index contributed by atoms with van der Waals surface area (Å²) in [6.07, 6.45) is 1.12. The van der Waals surface area contributed by atoms with Crippen LogP contribution in [-0.2, 0) is 0 Å². The molecule has 88 valence electrons. The van der Waals surface area contributed by atoms with E-state index in [9.17, 15) is 5.11 Å². The van der Waals surface area contributed by atoms with Gasteiger partial charge in [-0.25, -0.2) is 0 Å². The number of benzene rings is 1. The van der Waals surface area contributed by atoms with Gasteiger partial charge in [-0.05, 0) is 44.1 Å². The van der Waals surface area contributed by atoms with Crippen molar-refractivity contribution in [3.63, 3.8) is 0 Å². The summed E-state index contributed by atoms with van der Waals surface area (Å²) in [4.78, 5) is 2.31. The summed E-state index contributed by atoms with van der Waals surface area (Å²) in [5.74, 6) is 1.26. The van der Waals surface area contributed by atoms with E-state index < -0.39 is 0 Å². The predicted octanol–water partition coefficient (Wildman–Crippen LogP) is 1.39. The number of likely N-dealkylation sites (tertiary alicyclic amines) is 1. The Bertz CT molecular complexity index is 354. The zero-order chi connectivity index (χ0) is 11.5. The van der Waals surface area contributed by atoms with Gasteiger partial charge in [-0.15, -0.1) is 0 Å². The zero-order valence-corrected chi connectivity index (χ0v) is 9.76. The summed E-state index contributed by atoms with van der Waals surface area (Å²) in [6, 6.07) is 7.62. The molecule has 0 aliphatic carbocycles. The fraction of sp³-hybridized carbons (Fsp3) is 0.538. The molecule has 16 heavy (non-hydrogen) atoms. The molecule has 3 nitrogen and oxygen atoms in total. The Morgan fingerprint density at radius 2 is 2.19 bits per heavy atom. The molecule has 1 aromatic rings. The monoisotopic (exact) mass is 220 g/mol. The molecule has 0 bridgehead atoms. The molecule has 2 rings (SSSR count). The number of hydrogen-bond acceptors (Lipinski definition) is 3. The van der Waals surface area contributed by atoms with Crippen molar-refractivity contribution >= 4 is 0 Å². The molecule has 1 heterocycles. The first kappa shape index (κ1) is 11.4. The number of para-hydroxylation sites is 1. The maximum atomic E-state index is 9.90. The van der Waals surface area contributed by atoms with Gasteiger partial charge in [-0.3, -0.25) is 0 Å². The van der Waals surface area contributed by atoms with E-state index >= 15 is 0 Å².